The van der Waals surface area contributed by atoms with Crippen LogP contribution in [0.25, 0.3) is 0 Å². The molecule has 1 atom stereocenters. The van der Waals surface area contributed by atoms with Crippen molar-refractivity contribution in [2.24, 2.45) is 0 Å². The highest BCUT2D eigenvalue weighted by atomic mass is 16.5. The van der Waals surface area contributed by atoms with Gasteiger partial charge in [-0.3, -0.25) is 0 Å². The fraction of sp³-hybridized carbons (Fsp3) is 0.769. The molecule has 2 rings (SSSR count). The number of hydrogen-bond donors (Lipinski definition) is 1. The molecule has 1 aliphatic heterocycles. The smallest absolute Gasteiger partial charge is 0.332 e. The third-order valence-corrected chi connectivity index (χ3v) is 3.40. The lowest BCUT2D eigenvalue weighted by Gasteiger charge is -2.31. The first-order valence-electron chi connectivity index (χ1n) is 6.94. The van der Waals surface area contributed by atoms with Gasteiger partial charge >= 0.3 is 12.0 Å². The van der Waals surface area contributed by atoms with Crippen molar-refractivity contribution in [2.45, 2.75) is 51.7 Å². The summed E-state index contributed by atoms with van der Waals surface area (Å²) in [4.78, 5) is 17.1. The molecule has 1 unspecified atom stereocenters. The molecule has 0 amide bonds. The van der Waals surface area contributed by atoms with Crippen LogP contribution in [-0.4, -0.2) is 46.5 Å². The fourth-order valence-electron chi connectivity index (χ4n) is 2.12. The van der Waals surface area contributed by atoms with E-state index in [1.165, 1.54) is 0 Å². The zero-order valence-corrected chi connectivity index (χ0v) is 12.1. The van der Waals surface area contributed by atoms with Gasteiger partial charge in [0.15, 0.2) is 11.9 Å². The minimum Gasteiger partial charge on any atom is -0.479 e. The molecule has 0 spiro atoms. The van der Waals surface area contributed by atoms with E-state index in [9.17, 15) is 4.79 Å². The molecule has 1 aromatic heterocycles. The predicted octanol–water partition coefficient (Wildman–Crippen LogP) is 1.65. The lowest BCUT2D eigenvalue weighted by atomic mass is 10.1. The van der Waals surface area contributed by atoms with Crippen molar-refractivity contribution in [3.05, 3.63) is 5.82 Å². The number of nitrogens with zero attached hydrogens (tertiary/aromatic N) is 3. The predicted molar refractivity (Wildman–Crippen MR) is 71.8 cm³/mol. The number of carboxylic acid groups (broad SMARTS) is 1. The summed E-state index contributed by atoms with van der Waals surface area (Å²) < 4.78 is 10.7. The molecule has 0 bridgehead atoms. The van der Waals surface area contributed by atoms with E-state index in [0.29, 0.717) is 11.8 Å². The molecule has 0 saturated carbocycles. The zero-order chi connectivity index (χ0) is 14.7. The molecule has 1 N–H and O–H groups in total. The van der Waals surface area contributed by atoms with Gasteiger partial charge in [-0.1, -0.05) is 19.0 Å². The van der Waals surface area contributed by atoms with Crippen molar-refractivity contribution in [3.63, 3.8) is 0 Å². The number of ether oxygens (including phenoxy) is 1. The molecule has 1 aromatic rings. The van der Waals surface area contributed by atoms with E-state index in [1.807, 2.05) is 18.7 Å². The topological polar surface area (TPSA) is 88.7 Å². The second-order valence-electron chi connectivity index (χ2n) is 5.39. The summed E-state index contributed by atoms with van der Waals surface area (Å²) in [5, 5.41) is 12.8. The molecule has 7 heteroatoms. The van der Waals surface area contributed by atoms with Crippen LogP contribution in [0.4, 0.5) is 6.01 Å². The Bertz CT molecular complexity index is 452. The molecule has 7 nitrogen and oxygen atoms in total. The summed E-state index contributed by atoms with van der Waals surface area (Å²) >= 11 is 0. The molecule has 1 aliphatic rings. The Hall–Kier alpha value is -1.63. The number of carbonyl (C=O) groups is 1. The maximum atomic E-state index is 10.8. The van der Waals surface area contributed by atoms with E-state index in [2.05, 4.69) is 10.1 Å². The van der Waals surface area contributed by atoms with Crippen LogP contribution < -0.4 is 4.90 Å². The summed E-state index contributed by atoms with van der Waals surface area (Å²) in [5.41, 5.74) is 0. The van der Waals surface area contributed by atoms with E-state index >= 15 is 0 Å². The molecule has 0 aromatic carbocycles. The summed E-state index contributed by atoms with van der Waals surface area (Å²) in [6, 6.07) is 0.540. The number of carboxylic acids is 1. The van der Waals surface area contributed by atoms with Gasteiger partial charge in [-0.15, -0.1) is 0 Å². The van der Waals surface area contributed by atoms with E-state index in [1.54, 1.807) is 6.92 Å². The van der Waals surface area contributed by atoms with Crippen molar-refractivity contribution < 1.29 is 19.2 Å². The van der Waals surface area contributed by atoms with E-state index in [0.717, 1.165) is 25.9 Å². The molecule has 1 fully saturated rings. The number of aliphatic carboxylic acids is 1. The Morgan fingerprint density at radius 2 is 2.05 bits per heavy atom. The highest BCUT2D eigenvalue weighted by Gasteiger charge is 2.26. The van der Waals surface area contributed by atoms with E-state index in [4.69, 9.17) is 14.4 Å². The van der Waals surface area contributed by atoms with Crippen molar-refractivity contribution >= 4 is 12.0 Å². The molecule has 112 valence electrons. The first kappa shape index (κ1) is 14.8. The third-order valence-electron chi connectivity index (χ3n) is 3.40. The number of aromatic nitrogens is 2. The van der Waals surface area contributed by atoms with Crippen LogP contribution in [0.2, 0.25) is 0 Å². The lowest BCUT2D eigenvalue weighted by molar-refractivity contribution is -0.153. The molecular formula is C13H21N3O4. The van der Waals surface area contributed by atoms with Crippen molar-refractivity contribution in [2.75, 3.05) is 18.0 Å². The minimum absolute atomic E-state index is 0.0233. The Morgan fingerprint density at radius 3 is 2.55 bits per heavy atom. The maximum absolute atomic E-state index is 10.8. The fourth-order valence-corrected chi connectivity index (χ4v) is 2.12. The third kappa shape index (κ3) is 3.47. The van der Waals surface area contributed by atoms with Gasteiger partial charge in [0.1, 0.15) is 0 Å². The van der Waals surface area contributed by atoms with Gasteiger partial charge in [0.25, 0.3) is 0 Å². The van der Waals surface area contributed by atoms with Crippen LogP contribution >= 0.6 is 0 Å². The first-order valence-corrected chi connectivity index (χ1v) is 6.94. The zero-order valence-electron chi connectivity index (χ0n) is 12.1. The summed E-state index contributed by atoms with van der Waals surface area (Å²) in [7, 11) is 0. The standard InChI is InChI=1S/C13H21N3O4/c1-8(2)11-14-13(20-15-11)16-6-4-10(5-7-16)19-9(3)12(17)18/h8-10H,4-7H2,1-3H3,(H,17,18). The molecule has 0 aliphatic carbocycles. The Labute approximate surface area is 117 Å². The van der Waals surface area contributed by atoms with Gasteiger partial charge < -0.3 is 19.3 Å². The van der Waals surface area contributed by atoms with Crippen LogP contribution in [0, 0.1) is 0 Å². The van der Waals surface area contributed by atoms with Gasteiger partial charge in [-0.25, -0.2) is 4.79 Å². The van der Waals surface area contributed by atoms with Gasteiger partial charge in [0, 0.05) is 19.0 Å². The first-order chi connectivity index (χ1) is 9.47. The van der Waals surface area contributed by atoms with Crippen molar-refractivity contribution in [3.8, 4) is 0 Å². The second kappa shape index (κ2) is 6.21. The minimum atomic E-state index is -0.925. The van der Waals surface area contributed by atoms with Gasteiger partial charge in [-0.2, -0.15) is 4.98 Å². The Kier molecular flexibility index (Phi) is 4.59. The van der Waals surface area contributed by atoms with Crippen LogP contribution in [0.5, 0.6) is 0 Å². The SMILES string of the molecule is CC(OC1CCN(c2nc(C(C)C)no2)CC1)C(=O)O. The number of hydrogen-bond acceptors (Lipinski definition) is 6. The largest absolute Gasteiger partial charge is 0.479 e. The van der Waals surface area contributed by atoms with E-state index < -0.39 is 12.1 Å². The normalized spacial score (nSPS) is 18.5. The second-order valence-corrected chi connectivity index (χ2v) is 5.39. The molecule has 20 heavy (non-hydrogen) atoms. The molecule has 1 saturated heterocycles. The highest BCUT2D eigenvalue weighted by molar-refractivity contribution is 5.71. The Balaban J connectivity index is 1.86. The maximum Gasteiger partial charge on any atom is 0.332 e. The average molecular weight is 283 g/mol. The van der Waals surface area contributed by atoms with Gasteiger partial charge in [0.2, 0.25) is 0 Å². The van der Waals surface area contributed by atoms with E-state index in [-0.39, 0.29) is 12.0 Å². The highest BCUT2D eigenvalue weighted by Crippen LogP contribution is 2.22. The summed E-state index contributed by atoms with van der Waals surface area (Å²) in [6.07, 6.45) is 0.737. The molecular weight excluding hydrogens is 262 g/mol. The van der Waals surface area contributed by atoms with Gasteiger partial charge in [0.05, 0.1) is 6.10 Å². The molecule has 2 heterocycles. The van der Waals surface area contributed by atoms with Gasteiger partial charge in [-0.05, 0) is 19.8 Å². The van der Waals surface area contributed by atoms with Crippen molar-refractivity contribution in [1.29, 1.82) is 0 Å². The Morgan fingerprint density at radius 1 is 1.40 bits per heavy atom. The van der Waals surface area contributed by atoms with Crippen LogP contribution in [-0.2, 0) is 9.53 Å². The lowest BCUT2D eigenvalue weighted by Crippen LogP contribution is -2.39. The van der Waals surface area contributed by atoms with Crippen molar-refractivity contribution in [1.82, 2.24) is 10.1 Å². The summed E-state index contributed by atoms with van der Waals surface area (Å²) in [6.45, 7) is 7.05. The quantitative estimate of drug-likeness (QED) is 0.878. The van der Waals surface area contributed by atoms with Crippen LogP contribution in [0.1, 0.15) is 45.4 Å². The van der Waals surface area contributed by atoms with Crippen LogP contribution in [0.3, 0.4) is 0 Å². The summed E-state index contributed by atoms with van der Waals surface area (Å²) in [5.74, 6) is 0.0218. The van der Waals surface area contributed by atoms with Crippen LogP contribution in [0.15, 0.2) is 4.52 Å². The number of anilines is 1. The average Bonchev–Trinajstić information content (AvgIpc) is 2.89. The number of piperidine rings is 1. The monoisotopic (exact) mass is 283 g/mol. The number of rotatable bonds is 5. The molecule has 0 radical (unpaired) electrons.